The number of hydrogen-bond donors (Lipinski definition) is 0. The predicted octanol–water partition coefficient (Wildman–Crippen LogP) is 18.3. The van der Waals surface area contributed by atoms with Crippen molar-refractivity contribution >= 4 is 200 Å². The first-order valence-electron chi connectivity index (χ1n) is 36.3. The highest BCUT2D eigenvalue weighted by Gasteiger charge is 2.41. The summed E-state index contributed by atoms with van der Waals surface area (Å²) in [5, 5.41) is 84.4. The molecule has 1 saturated heterocycles. The number of rotatable bonds is 8. The highest BCUT2D eigenvalue weighted by atomic mass is 32.2. The molecule has 0 amide bonds. The average molecular weight is 1610 g/mol. The third kappa shape index (κ3) is 15.6. The number of hydrazone groups is 4. The molecule has 5 aliphatic rings. The molecular formula is C78H76N24S8. The standard InChI is InChI=1S/C78H76N24S8/c1-47-83-87-71(107-47)79-75(99-67(103-51(5)91-99)63-35-17-27-55-23-9-13-31-59(55)63)95-39-21-40-97(77(81-73-89-85-49(3)109-73)101-69(105-53(7)93-101)65-37-19-29-57-25-11-15-33-61(57)65)45-46-98(78(82-74-90-86-50(4)110-74)102-70(106-54(8)94-102)66-38-20-30-58-26-12-16-34-62(58)66)42-22-41-96(44-43-95)76(80-72-88-84-48(2)108-72)100-68(104-52(6)92-100)64-36-18-28-56-24-10-14-32-60(56)64/h9-20,23-38,67-70H,21-22,39-46H2,1-8H3/b79-75-,80-76-,81-77-,82-78-/t67-,68-,69-,70-/m1/s1. The number of thioether (sulfide) groups is 4. The normalized spacial score (nSPS) is 19.8. The number of benzene rings is 8. The van der Waals surface area contributed by atoms with Crippen molar-refractivity contribution in [2.75, 3.05) is 52.4 Å². The van der Waals surface area contributed by atoms with E-state index in [0.717, 1.165) is 106 Å². The third-order valence-electron chi connectivity index (χ3n) is 19.2. The maximum Gasteiger partial charge on any atom is 0.234 e. The van der Waals surface area contributed by atoms with Crippen molar-refractivity contribution in [2.24, 2.45) is 40.4 Å². The van der Waals surface area contributed by atoms with Crippen LogP contribution in [0.5, 0.6) is 0 Å². The zero-order valence-electron chi connectivity index (χ0n) is 61.5. The lowest BCUT2D eigenvalue weighted by Gasteiger charge is -2.39. The summed E-state index contributed by atoms with van der Waals surface area (Å²) in [6.07, 6.45) is 1.16. The number of nitrogens with zero attached hydrogens (tertiary/aromatic N) is 24. The van der Waals surface area contributed by atoms with Crippen molar-refractivity contribution in [3.05, 3.63) is 212 Å². The molecular weight excluding hydrogens is 1530 g/mol. The molecule has 0 unspecified atom stereocenters. The molecule has 0 N–H and O–H groups in total. The van der Waals surface area contributed by atoms with Gasteiger partial charge in [-0.25, -0.2) is 20.0 Å². The van der Waals surface area contributed by atoms with Gasteiger partial charge in [0.15, 0.2) is 0 Å². The summed E-state index contributed by atoms with van der Waals surface area (Å²) < 4.78 is 0. The van der Waals surface area contributed by atoms with Crippen LogP contribution in [0.2, 0.25) is 0 Å². The van der Waals surface area contributed by atoms with Gasteiger partial charge in [-0.2, -0.15) is 40.4 Å². The SMILES string of the molecule is CC1=NN(/C(=N\c2nnc(C)s2)N2CCCN(/C(=N/c3nnc(C)s3)N3N=C(C)S[C@@H]3c3cccc4ccccc34)CCN(/C(=N/c3nnc(C)s3)N3N=C(C)S[C@@H]3c3cccc4ccccc34)CCCN(/C(=N/c3nnc(C)s3)N3N=C(C)S[C@@H]3c3cccc4ccccc34)CC2)[C@@H](c2cccc3ccccc23)S1. The molecule has 1 fully saturated rings. The smallest absolute Gasteiger partial charge is 0.234 e. The van der Waals surface area contributed by atoms with Crippen LogP contribution in [-0.4, -0.2) is 177 Å². The fourth-order valence-corrected chi connectivity index (χ4v) is 20.7. The van der Waals surface area contributed by atoms with Crippen LogP contribution < -0.4 is 0 Å². The van der Waals surface area contributed by atoms with E-state index in [0.29, 0.717) is 110 Å². The van der Waals surface area contributed by atoms with Gasteiger partial charge in [-0.15, -0.1) is 40.8 Å². The second-order valence-electron chi connectivity index (χ2n) is 26.7. The van der Waals surface area contributed by atoms with Crippen molar-refractivity contribution in [2.45, 2.75) is 89.7 Å². The zero-order chi connectivity index (χ0) is 74.9. The van der Waals surface area contributed by atoms with Crippen LogP contribution in [0.3, 0.4) is 0 Å². The van der Waals surface area contributed by atoms with Crippen LogP contribution in [0, 0.1) is 27.7 Å². The molecule has 0 bridgehead atoms. The summed E-state index contributed by atoms with van der Waals surface area (Å²) in [5.41, 5.74) is 4.46. The first kappa shape index (κ1) is 73.0. The quantitative estimate of drug-likeness (QED) is 0.102. The van der Waals surface area contributed by atoms with Crippen molar-refractivity contribution in [1.29, 1.82) is 0 Å². The van der Waals surface area contributed by atoms with Gasteiger partial charge in [-0.3, -0.25) is 0 Å². The molecule has 0 aliphatic carbocycles. The Kier molecular flexibility index (Phi) is 21.4. The Labute approximate surface area is 669 Å². The van der Waals surface area contributed by atoms with Gasteiger partial charge in [0.2, 0.25) is 44.4 Å². The van der Waals surface area contributed by atoms with Crippen molar-refractivity contribution in [3.8, 4) is 0 Å². The molecule has 32 heteroatoms. The molecule has 9 heterocycles. The van der Waals surface area contributed by atoms with Gasteiger partial charge in [0.25, 0.3) is 0 Å². The van der Waals surface area contributed by atoms with E-state index in [1.807, 2.05) is 27.7 Å². The van der Waals surface area contributed by atoms with Gasteiger partial charge in [0.05, 0.1) is 20.2 Å². The second-order valence-corrected chi connectivity index (χ2v) is 36.5. The molecule has 4 atom stereocenters. The Morgan fingerprint density at radius 1 is 0.273 bits per heavy atom. The third-order valence-corrected chi connectivity index (χ3v) is 26.5. The van der Waals surface area contributed by atoms with Crippen LogP contribution >= 0.6 is 92.4 Å². The molecule has 0 spiro atoms. The highest BCUT2D eigenvalue weighted by molar-refractivity contribution is 8.15. The maximum atomic E-state index is 5.66. The molecule has 8 aromatic carbocycles. The summed E-state index contributed by atoms with van der Waals surface area (Å²) in [6.45, 7) is 19.8. The van der Waals surface area contributed by atoms with E-state index < -0.39 is 0 Å². The summed E-state index contributed by atoms with van der Waals surface area (Å²) in [4.78, 5) is 32.2. The van der Waals surface area contributed by atoms with Gasteiger partial charge in [0, 0.05) is 52.4 Å². The van der Waals surface area contributed by atoms with Crippen molar-refractivity contribution < 1.29 is 0 Å². The van der Waals surface area contributed by atoms with Gasteiger partial charge in [-0.05, 0) is 134 Å². The Balaban J connectivity index is 0.852. The summed E-state index contributed by atoms with van der Waals surface area (Å²) >= 11 is 12.7. The van der Waals surface area contributed by atoms with Crippen LogP contribution in [0.25, 0.3) is 43.1 Å². The lowest BCUT2D eigenvalue weighted by Crippen LogP contribution is -2.52. The molecule has 0 radical (unpaired) electrons. The van der Waals surface area contributed by atoms with Crippen molar-refractivity contribution in [1.82, 2.24) is 80.4 Å². The van der Waals surface area contributed by atoms with Gasteiger partial charge in [-0.1, -0.05) is 262 Å². The monoisotopic (exact) mass is 1600 g/mol. The fourth-order valence-electron chi connectivity index (χ4n) is 14.4. The molecule has 4 aromatic heterocycles. The number of aryl methyl sites for hydroxylation is 4. The van der Waals surface area contributed by atoms with E-state index in [1.54, 1.807) is 47.0 Å². The van der Waals surface area contributed by atoms with Crippen LogP contribution in [-0.2, 0) is 0 Å². The van der Waals surface area contributed by atoms with Crippen LogP contribution in [0.4, 0.5) is 20.5 Å². The van der Waals surface area contributed by atoms with E-state index >= 15 is 0 Å². The van der Waals surface area contributed by atoms with Crippen LogP contribution in [0.1, 0.15) is 104 Å². The maximum absolute atomic E-state index is 5.66. The molecule has 17 rings (SSSR count). The number of hydrogen-bond acceptors (Lipinski definition) is 24. The minimum absolute atomic E-state index is 0.310. The number of aliphatic imine (C=N–C) groups is 4. The van der Waals surface area contributed by atoms with Crippen LogP contribution in [0.15, 0.2) is 210 Å². The highest BCUT2D eigenvalue weighted by Crippen LogP contribution is 2.48. The molecule has 24 nitrogen and oxygen atoms in total. The fraction of sp³-hybridized carbons (Fsp3) is 0.282. The van der Waals surface area contributed by atoms with E-state index in [4.69, 9.17) is 60.8 Å². The van der Waals surface area contributed by atoms with E-state index in [-0.39, 0.29) is 21.5 Å². The topological polar surface area (TPSA) is 228 Å². The van der Waals surface area contributed by atoms with Gasteiger partial charge >= 0.3 is 0 Å². The Hall–Kier alpha value is -9.80. The Morgan fingerprint density at radius 2 is 0.491 bits per heavy atom. The average Bonchev–Trinajstić information content (AvgIpc) is 1.56. The largest absolute Gasteiger partial charge is 0.339 e. The lowest BCUT2D eigenvalue weighted by molar-refractivity contribution is 0.229. The van der Waals surface area contributed by atoms with E-state index in [2.05, 4.69) is 258 Å². The number of fused-ring (bicyclic) bond motifs is 4. The summed E-state index contributed by atoms with van der Waals surface area (Å²) in [6, 6.07) is 60.4. The van der Waals surface area contributed by atoms with Gasteiger partial charge < -0.3 is 19.6 Å². The molecule has 556 valence electrons. The van der Waals surface area contributed by atoms with Crippen molar-refractivity contribution in [3.63, 3.8) is 0 Å². The number of aromatic nitrogens is 8. The van der Waals surface area contributed by atoms with E-state index in [9.17, 15) is 0 Å². The number of guanidine groups is 4. The molecule has 110 heavy (non-hydrogen) atoms. The first-order chi connectivity index (χ1) is 53.7. The predicted molar refractivity (Wildman–Crippen MR) is 459 cm³/mol. The molecule has 5 aliphatic heterocycles. The minimum atomic E-state index is -0.310. The molecule has 0 saturated carbocycles. The van der Waals surface area contributed by atoms with Gasteiger partial charge in [0.1, 0.15) is 41.5 Å². The Bertz CT molecular complexity index is 4990. The lowest BCUT2D eigenvalue weighted by atomic mass is 10.0. The Morgan fingerprint density at radius 3 is 0.709 bits per heavy atom. The second kappa shape index (κ2) is 32.3. The first-order valence-corrected chi connectivity index (χ1v) is 43.0. The zero-order valence-corrected chi connectivity index (χ0v) is 68.1. The summed E-state index contributed by atoms with van der Waals surface area (Å²) in [7, 11) is 0. The minimum Gasteiger partial charge on any atom is -0.339 e. The van der Waals surface area contributed by atoms with E-state index in [1.165, 1.54) is 45.3 Å². The molecule has 12 aromatic rings. The summed E-state index contributed by atoms with van der Waals surface area (Å²) in [5.74, 6) is 2.51.